The van der Waals surface area contributed by atoms with Gasteiger partial charge in [-0.25, -0.2) is 0 Å². The number of fused-ring (bicyclic) bond motifs is 9. The highest BCUT2D eigenvalue weighted by molar-refractivity contribution is 6.26. The fourth-order valence-electron chi connectivity index (χ4n) is 10.9. The van der Waals surface area contributed by atoms with Gasteiger partial charge >= 0.3 is 0 Å². The lowest BCUT2D eigenvalue weighted by Gasteiger charge is -2.30. The average Bonchev–Trinajstić information content (AvgIpc) is 3.60. The van der Waals surface area contributed by atoms with E-state index in [0.717, 1.165) is 56.6 Å². The van der Waals surface area contributed by atoms with Crippen molar-refractivity contribution in [1.82, 2.24) is 0 Å². The first-order chi connectivity index (χ1) is 32.5. The maximum atomic E-state index is 7.04. The van der Waals surface area contributed by atoms with Crippen molar-refractivity contribution < 1.29 is 4.74 Å². The summed E-state index contributed by atoms with van der Waals surface area (Å²) < 4.78 is 7.04. The van der Waals surface area contributed by atoms with Gasteiger partial charge in [0.05, 0.1) is 11.4 Å². The molecule has 3 nitrogen and oxygen atoms in total. The van der Waals surface area contributed by atoms with Gasteiger partial charge in [-0.15, -0.1) is 0 Å². The highest BCUT2D eigenvalue weighted by Crippen LogP contribution is 2.54. The minimum absolute atomic E-state index is 0.119. The fourth-order valence-corrected chi connectivity index (χ4v) is 10.9. The second-order valence-electron chi connectivity index (χ2n) is 18.0. The normalized spacial score (nSPS) is 12.9. The van der Waals surface area contributed by atoms with E-state index in [2.05, 4.69) is 254 Å². The van der Waals surface area contributed by atoms with Crippen LogP contribution in [0, 0.1) is 0 Å². The van der Waals surface area contributed by atoms with Crippen molar-refractivity contribution in [2.45, 2.75) is 19.3 Å². The van der Waals surface area contributed by atoms with Gasteiger partial charge in [-0.2, -0.15) is 0 Å². The zero-order valence-corrected chi connectivity index (χ0v) is 36.7. The molecule has 0 saturated carbocycles. The molecule has 0 unspecified atom stereocenters. The third kappa shape index (κ3) is 5.83. The molecule has 2 aliphatic rings. The molecule has 1 heterocycles. The Morgan fingerprint density at radius 3 is 1.67 bits per heavy atom. The van der Waals surface area contributed by atoms with Crippen LogP contribution in [0.3, 0.4) is 0 Å². The largest absolute Gasteiger partial charge is 0.456 e. The Morgan fingerprint density at radius 1 is 0.318 bits per heavy atom. The van der Waals surface area contributed by atoms with E-state index in [0.29, 0.717) is 0 Å². The molecular weight excluding hydrogens is 801 g/mol. The highest BCUT2D eigenvalue weighted by Gasteiger charge is 2.36. The molecule has 0 N–H and O–H groups in total. The van der Waals surface area contributed by atoms with Crippen LogP contribution in [0.5, 0.6) is 11.5 Å². The van der Waals surface area contributed by atoms with E-state index in [1.54, 1.807) is 0 Å². The molecule has 0 saturated heterocycles. The Bertz CT molecular complexity index is 3710. The topological polar surface area (TPSA) is 15.7 Å². The lowest BCUT2D eigenvalue weighted by Crippen LogP contribution is -2.16. The van der Waals surface area contributed by atoms with Gasteiger partial charge in [0, 0.05) is 56.1 Å². The molecule has 0 bridgehead atoms. The molecular formula is C63H44N2O. The van der Waals surface area contributed by atoms with Crippen LogP contribution in [0.2, 0.25) is 0 Å². The summed E-state index contributed by atoms with van der Waals surface area (Å²) in [5.74, 6) is 1.71. The van der Waals surface area contributed by atoms with Gasteiger partial charge in [0.2, 0.25) is 0 Å². The first-order valence-corrected chi connectivity index (χ1v) is 22.8. The van der Waals surface area contributed by atoms with Crippen molar-refractivity contribution in [3.8, 4) is 44.9 Å². The molecule has 1 aliphatic carbocycles. The van der Waals surface area contributed by atoms with Crippen LogP contribution >= 0.6 is 0 Å². The van der Waals surface area contributed by atoms with E-state index >= 15 is 0 Å². The number of benzene rings is 11. The molecule has 0 radical (unpaired) electrons. The second-order valence-corrected chi connectivity index (χ2v) is 18.0. The standard InChI is InChI=1S/C63H44N2O/c1-63(2)56-30-16-14-27-48(56)49-35-33-44(37-57(49)63)64(42-21-8-4-9-22-42)45-34-36-51-55-39-53-47-26-12-13-28-50(47)59(40-54(53)52-29-18-32-60(62(52)55)66-61(51)38-45)65(43-23-10-5-11-24-43)58-31-17-15-25-46(58)41-19-6-3-7-20-41/h3-40H,1-2H3. The van der Waals surface area contributed by atoms with Gasteiger partial charge in [0.15, 0.2) is 0 Å². The van der Waals surface area contributed by atoms with E-state index in [1.165, 1.54) is 65.9 Å². The quantitative estimate of drug-likeness (QED) is 0.149. The first-order valence-electron chi connectivity index (χ1n) is 22.8. The fraction of sp³-hybridized carbons (Fsp3) is 0.0476. The smallest absolute Gasteiger partial charge is 0.137 e. The number of ether oxygens (including phenoxy) is 1. The molecule has 11 aromatic rings. The van der Waals surface area contributed by atoms with E-state index < -0.39 is 0 Å². The number of anilines is 6. The number of para-hydroxylation sites is 3. The summed E-state index contributed by atoms with van der Waals surface area (Å²) in [4.78, 5) is 4.80. The molecule has 0 fully saturated rings. The Hall–Kier alpha value is -8.40. The van der Waals surface area contributed by atoms with Crippen LogP contribution in [-0.2, 0) is 5.41 Å². The molecule has 0 spiro atoms. The maximum Gasteiger partial charge on any atom is 0.137 e. The monoisotopic (exact) mass is 844 g/mol. The highest BCUT2D eigenvalue weighted by atomic mass is 16.5. The molecule has 11 aromatic carbocycles. The number of nitrogens with zero attached hydrogens (tertiary/aromatic N) is 2. The summed E-state index contributed by atoms with van der Waals surface area (Å²) >= 11 is 0. The Balaban J connectivity index is 0.993. The third-order valence-corrected chi connectivity index (χ3v) is 14.0. The van der Waals surface area contributed by atoms with Gasteiger partial charge in [-0.3, -0.25) is 0 Å². The van der Waals surface area contributed by atoms with E-state index in [9.17, 15) is 0 Å². The molecule has 13 rings (SSSR count). The Kier molecular flexibility index (Phi) is 8.56. The molecule has 0 aromatic heterocycles. The molecule has 3 heteroatoms. The predicted octanol–water partition coefficient (Wildman–Crippen LogP) is 17.8. The van der Waals surface area contributed by atoms with Gasteiger partial charge in [0.1, 0.15) is 11.5 Å². The van der Waals surface area contributed by atoms with E-state index in [-0.39, 0.29) is 5.41 Å². The maximum absolute atomic E-state index is 7.04. The van der Waals surface area contributed by atoms with Crippen LogP contribution in [0.4, 0.5) is 34.1 Å². The third-order valence-electron chi connectivity index (χ3n) is 14.0. The van der Waals surface area contributed by atoms with E-state index in [1.807, 2.05) is 0 Å². The SMILES string of the molecule is CC1(C)c2ccccc2-c2ccc(N(c3ccccc3)c3ccc4c(c3)Oc3cccc5c3c-4cc3c4ccccc4c(N(c4ccccc4)c4ccccc4-c4ccccc4)cc53)cc21. The van der Waals surface area contributed by atoms with Crippen LogP contribution in [0.25, 0.3) is 65.7 Å². The van der Waals surface area contributed by atoms with Crippen LogP contribution in [0.1, 0.15) is 25.0 Å². The minimum Gasteiger partial charge on any atom is -0.456 e. The van der Waals surface area contributed by atoms with Crippen LogP contribution in [-0.4, -0.2) is 0 Å². The van der Waals surface area contributed by atoms with E-state index in [4.69, 9.17) is 4.74 Å². The summed E-state index contributed by atoms with van der Waals surface area (Å²) in [7, 11) is 0. The Morgan fingerprint density at radius 2 is 0.894 bits per heavy atom. The zero-order chi connectivity index (χ0) is 43.9. The summed E-state index contributed by atoms with van der Waals surface area (Å²) in [6.07, 6.45) is 0. The van der Waals surface area contributed by atoms with Crippen molar-refractivity contribution in [3.05, 3.63) is 242 Å². The van der Waals surface area contributed by atoms with Crippen molar-refractivity contribution in [2.75, 3.05) is 9.80 Å². The number of rotatable bonds is 7. The molecule has 0 atom stereocenters. The molecule has 312 valence electrons. The number of hydrogen-bond acceptors (Lipinski definition) is 3. The number of hydrogen-bond donors (Lipinski definition) is 0. The predicted molar refractivity (Wildman–Crippen MR) is 277 cm³/mol. The van der Waals surface area contributed by atoms with Gasteiger partial charge in [-0.1, -0.05) is 166 Å². The van der Waals surface area contributed by atoms with Crippen molar-refractivity contribution in [2.24, 2.45) is 0 Å². The van der Waals surface area contributed by atoms with Crippen molar-refractivity contribution >= 4 is 66.4 Å². The van der Waals surface area contributed by atoms with Crippen molar-refractivity contribution in [1.29, 1.82) is 0 Å². The summed E-state index contributed by atoms with van der Waals surface area (Å²) in [6, 6.07) is 83.7. The minimum atomic E-state index is -0.119. The summed E-state index contributed by atoms with van der Waals surface area (Å²) in [5, 5.41) is 7.07. The average molecular weight is 845 g/mol. The van der Waals surface area contributed by atoms with Gasteiger partial charge in [0.25, 0.3) is 0 Å². The van der Waals surface area contributed by atoms with Crippen LogP contribution in [0.15, 0.2) is 231 Å². The van der Waals surface area contributed by atoms with Gasteiger partial charge in [-0.05, 0) is 128 Å². The lowest BCUT2D eigenvalue weighted by molar-refractivity contribution is 0.487. The summed E-state index contributed by atoms with van der Waals surface area (Å²) in [6.45, 7) is 4.69. The summed E-state index contributed by atoms with van der Waals surface area (Å²) in [5.41, 5.74) is 16.4. The first kappa shape index (κ1) is 38.1. The van der Waals surface area contributed by atoms with Crippen molar-refractivity contribution in [3.63, 3.8) is 0 Å². The second kappa shape index (κ2) is 14.8. The molecule has 1 aliphatic heterocycles. The van der Waals surface area contributed by atoms with Crippen LogP contribution < -0.4 is 14.5 Å². The Labute approximate surface area is 385 Å². The molecule has 66 heavy (non-hydrogen) atoms. The molecule has 0 amide bonds. The zero-order valence-electron chi connectivity index (χ0n) is 36.7. The van der Waals surface area contributed by atoms with Gasteiger partial charge < -0.3 is 14.5 Å². The lowest BCUT2D eigenvalue weighted by atomic mass is 9.82.